The van der Waals surface area contributed by atoms with E-state index in [-0.39, 0.29) is 0 Å². The molecule has 2 heteroatoms. The van der Waals surface area contributed by atoms with E-state index >= 15 is 0 Å². The van der Waals surface area contributed by atoms with Crippen LogP contribution < -0.4 is 4.74 Å². The number of ether oxygens (including phenoxy) is 1. The van der Waals surface area contributed by atoms with E-state index < -0.39 is 0 Å². The Morgan fingerprint density at radius 1 is 0.933 bits per heavy atom. The molecule has 0 saturated carbocycles. The summed E-state index contributed by atoms with van der Waals surface area (Å²) in [5.41, 5.74) is 1.06. The lowest BCUT2D eigenvalue weighted by Gasteiger charge is -2.04. The SMILES string of the molecule is c1ccc(OCCc2ccccn2)cc1. The van der Waals surface area contributed by atoms with Crippen molar-refractivity contribution in [1.82, 2.24) is 4.98 Å². The van der Waals surface area contributed by atoms with Crippen molar-refractivity contribution in [3.63, 3.8) is 0 Å². The average Bonchev–Trinajstić information content (AvgIpc) is 2.32. The van der Waals surface area contributed by atoms with Crippen molar-refractivity contribution in [2.45, 2.75) is 6.42 Å². The molecule has 0 spiro atoms. The number of benzene rings is 1. The van der Waals surface area contributed by atoms with Crippen molar-refractivity contribution in [3.05, 3.63) is 60.4 Å². The van der Waals surface area contributed by atoms with Gasteiger partial charge in [0.05, 0.1) is 6.61 Å². The Bertz CT molecular complexity index is 346. The minimum Gasteiger partial charge on any atom is -0.493 e. The molecular weight excluding hydrogens is 186 g/mol. The van der Waals surface area contributed by atoms with Gasteiger partial charge in [0, 0.05) is 18.3 Å². The van der Waals surface area contributed by atoms with Crippen LogP contribution in [0.15, 0.2) is 54.7 Å². The van der Waals surface area contributed by atoms with Gasteiger partial charge in [0.25, 0.3) is 0 Å². The molecule has 0 aliphatic rings. The number of para-hydroxylation sites is 1. The van der Waals surface area contributed by atoms with Crippen molar-refractivity contribution >= 4 is 0 Å². The van der Waals surface area contributed by atoms with E-state index in [9.17, 15) is 0 Å². The molecule has 15 heavy (non-hydrogen) atoms. The first-order valence-corrected chi connectivity index (χ1v) is 5.03. The van der Waals surface area contributed by atoms with E-state index in [2.05, 4.69) is 4.98 Å². The highest BCUT2D eigenvalue weighted by atomic mass is 16.5. The van der Waals surface area contributed by atoms with Gasteiger partial charge in [-0.25, -0.2) is 0 Å². The fraction of sp³-hybridized carbons (Fsp3) is 0.154. The van der Waals surface area contributed by atoms with Crippen LogP contribution in [0.2, 0.25) is 0 Å². The van der Waals surface area contributed by atoms with Gasteiger partial charge in [0.15, 0.2) is 0 Å². The molecule has 0 saturated heterocycles. The van der Waals surface area contributed by atoms with Gasteiger partial charge in [-0.2, -0.15) is 0 Å². The maximum absolute atomic E-state index is 5.57. The van der Waals surface area contributed by atoms with E-state index in [1.807, 2.05) is 48.5 Å². The molecule has 0 amide bonds. The van der Waals surface area contributed by atoms with Crippen molar-refractivity contribution in [3.8, 4) is 5.75 Å². The molecule has 0 aliphatic heterocycles. The van der Waals surface area contributed by atoms with Crippen LogP contribution >= 0.6 is 0 Å². The molecule has 0 radical (unpaired) electrons. The minimum atomic E-state index is 0.668. The highest BCUT2D eigenvalue weighted by molar-refractivity contribution is 5.21. The van der Waals surface area contributed by atoms with E-state index in [1.54, 1.807) is 6.20 Å². The zero-order chi connectivity index (χ0) is 10.3. The molecule has 0 fully saturated rings. The van der Waals surface area contributed by atoms with Crippen molar-refractivity contribution < 1.29 is 4.74 Å². The highest BCUT2D eigenvalue weighted by Crippen LogP contribution is 2.08. The first-order chi connectivity index (χ1) is 7.45. The molecule has 1 heterocycles. The first kappa shape index (κ1) is 9.71. The molecule has 0 aliphatic carbocycles. The second kappa shape index (κ2) is 5.15. The van der Waals surface area contributed by atoms with Crippen LogP contribution in [0.4, 0.5) is 0 Å². The Balaban J connectivity index is 1.81. The summed E-state index contributed by atoms with van der Waals surface area (Å²) in [6, 6.07) is 15.7. The third-order valence-corrected chi connectivity index (χ3v) is 2.10. The molecule has 0 atom stereocenters. The largest absolute Gasteiger partial charge is 0.493 e. The number of aromatic nitrogens is 1. The number of nitrogens with zero attached hydrogens (tertiary/aromatic N) is 1. The number of pyridine rings is 1. The van der Waals surface area contributed by atoms with Crippen molar-refractivity contribution in [2.75, 3.05) is 6.61 Å². The maximum Gasteiger partial charge on any atom is 0.119 e. The van der Waals surface area contributed by atoms with Gasteiger partial charge in [-0.1, -0.05) is 24.3 Å². The molecule has 0 unspecified atom stereocenters. The number of rotatable bonds is 4. The molecule has 2 rings (SSSR count). The fourth-order valence-corrected chi connectivity index (χ4v) is 1.34. The summed E-state index contributed by atoms with van der Waals surface area (Å²) in [5.74, 6) is 0.911. The third kappa shape index (κ3) is 3.09. The topological polar surface area (TPSA) is 22.1 Å². The minimum absolute atomic E-state index is 0.668. The fourth-order valence-electron chi connectivity index (χ4n) is 1.34. The lowest BCUT2D eigenvalue weighted by Crippen LogP contribution is -2.02. The summed E-state index contributed by atoms with van der Waals surface area (Å²) in [6.07, 6.45) is 2.65. The van der Waals surface area contributed by atoms with Crippen LogP contribution in [-0.2, 0) is 6.42 Å². The summed E-state index contributed by atoms with van der Waals surface area (Å²) in [4.78, 5) is 4.23. The molecule has 2 nitrogen and oxygen atoms in total. The standard InChI is InChI=1S/C13H13NO/c1-2-7-13(8-3-1)15-11-9-12-6-4-5-10-14-12/h1-8,10H,9,11H2. The first-order valence-electron chi connectivity index (χ1n) is 5.03. The van der Waals surface area contributed by atoms with E-state index in [0.29, 0.717) is 6.61 Å². The van der Waals surface area contributed by atoms with E-state index in [4.69, 9.17) is 4.74 Å². The molecular formula is C13H13NO. The lowest BCUT2D eigenvalue weighted by molar-refractivity contribution is 0.320. The molecule has 76 valence electrons. The van der Waals surface area contributed by atoms with Gasteiger partial charge in [0.2, 0.25) is 0 Å². The van der Waals surface area contributed by atoms with Gasteiger partial charge in [-0.15, -0.1) is 0 Å². The Labute approximate surface area is 89.6 Å². The van der Waals surface area contributed by atoms with Crippen LogP contribution in [0.5, 0.6) is 5.75 Å². The molecule has 2 aromatic rings. The molecule has 0 N–H and O–H groups in total. The summed E-state index contributed by atoms with van der Waals surface area (Å²) in [6.45, 7) is 0.668. The van der Waals surface area contributed by atoms with Gasteiger partial charge < -0.3 is 4.74 Å². The van der Waals surface area contributed by atoms with Gasteiger partial charge in [-0.3, -0.25) is 4.98 Å². The van der Waals surface area contributed by atoms with Crippen molar-refractivity contribution in [2.24, 2.45) is 0 Å². The second-order valence-corrected chi connectivity index (χ2v) is 3.23. The predicted molar refractivity (Wildman–Crippen MR) is 59.9 cm³/mol. The lowest BCUT2D eigenvalue weighted by atomic mass is 10.3. The monoisotopic (exact) mass is 199 g/mol. The maximum atomic E-state index is 5.57. The number of hydrogen-bond acceptors (Lipinski definition) is 2. The van der Waals surface area contributed by atoms with Gasteiger partial charge in [0.1, 0.15) is 5.75 Å². The number of hydrogen-bond donors (Lipinski definition) is 0. The Hall–Kier alpha value is -1.83. The highest BCUT2D eigenvalue weighted by Gasteiger charge is 1.94. The van der Waals surface area contributed by atoms with Crippen LogP contribution in [0.25, 0.3) is 0 Å². The second-order valence-electron chi connectivity index (χ2n) is 3.23. The Morgan fingerprint density at radius 3 is 2.47 bits per heavy atom. The van der Waals surface area contributed by atoms with Gasteiger partial charge in [-0.05, 0) is 24.3 Å². The van der Waals surface area contributed by atoms with E-state index in [0.717, 1.165) is 17.9 Å². The molecule has 1 aromatic carbocycles. The zero-order valence-corrected chi connectivity index (χ0v) is 8.47. The van der Waals surface area contributed by atoms with Crippen LogP contribution in [0.3, 0.4) is 0 Å². The summed E-state index contributed by atoms with van der Waals surface area (Å²) < 4.78 is 5.57. The van der Waals surface area contributed by atoms with Gasteiger partial charge >= 0.3 is 0 Å². The summed E-state index contributed by atoms with van der Waals surface area (Å²) >= 11 is 0. The Kier molecular flexibility index (Phi) is 3.34. The van der Waals surface area contributed by atoms with Crippen LogP contribution in [0.1, 0.15) is 5.69 Å². The smallest absolute Gasteiger partial charge is 0.119 e. The summed E-state index contributed by atoms with van der Waals surface area (Å²) in [7, 11) is 0. The van der Waals surface area contributed by atoms with E-state index in [1.165, 1.54) is 0 Å². The normalized spacial score (nSPS) is 9.87. The zero-order valence-electron chi connectivity index (χ0n) is 8.47. The molecule has 0 bridgehead atoms. The summed E-state index contributed by atoms with van der Waals surface area (Å²) in [5, 5.41) is 0. The Morgan fingerprint density at radius 2 is 1.73 bits per heavy atom. The predicted octanol–water partition coefficient (Wildman–Crippen LogP) is 2.70. The third-order valence-electron chi connectivity index (χ3n) is 2.10. The average molecular weight is 199 g/mol. The van der Waals surface area contributed by atoms with Crippen LogP contribution in [-0.4, -0.2) is 11.6 Å². The van der Waals surface area contributed by atoms with Crippen molar-refractivity contribution in [1.29, 1.82) is 0 Å². The molecule has 1 aromatic heterocycles. The quantitative estimate of drug-likeness (QED) is 0.755. The van der Waals surface area contributed by atoms with Crippen LogP contribution in [0, 0.1) is 0 Å².